The van der Waals surface area contributed by atoms with Gasteiger partial charge in [-0.1, -0.05) is 12.5 Å². The molecular formula is C13H19N3O3. The van der Waals surface area contributed by atoms with E-state index in [0.29, 0.717) is 19.5 Å². The fraction of sp³-hybridized carbons (Fsp3) is 0.462. The minimum atomic E-state index is -0.777. The molecule has 0 aliphatic heterocycles. The first-order chi connectivity index (χ1) is 9.18. The lowest BCUT2D eigenvalue weighted by molar-refractivity contribution is -0.137. The Bertz CT molecular complexity index is 395. The maximum absolute atomic E-state index is 11.4. The second kappa shape index (κ2) is 8.91. The van der Waals surface area contributed by atoms with Crippen molar-refractivity contribution in [2.24, 2.45) is 0 Å². The van der Waals surface area contributed by atoms with E-state index < -0.39 is 5.97 Å². The summed E-state index contributed by atoms with van der Waals surface area (Å²) in [5.74, 6) is -0.777. The van der Waals surface area contributed by atoms with E-state index in [1.165, 1.54) is 0 Å². The number of hydrogen-bond acceptors (Lipinski definition) is 3. The third-order valence-corrected chi connectivity index (χ3v) is 2.51. The predicted molar refractivity (Wildman–Crippen MR) is 70.6 cm³/mol. The molecule has 0 aliphatic carbocycles. The van der Waals surface area contributed by atoms with Gasteiger partial charge in [0, 0.05) is 19.2 Å². The minimum absolute atomic E-state index is 0.186. The molecule has 0 bridgehead atoms. The molecule has 0 atom stereocenters. The standard InChI is InChI=1S/C13H19N3O3/c17-12(18)7-2-1-4-9-15-13(19)16-10-11-6-3-5-8-14-11/h3,5-6,8H,1-2,4,7,9-10H2,(H,17,18)(H2,15,16,19). The highest BCUT2D eigenvalue weighted by Gasteiger charge is 2.00. The SMILES string of the molecule is O=C(O)CCCCCNC(=O)NCc1ccccn1. The van der Waals surface area contributed by atoms with Crippen LogP contribution in [0.25, 0.3) is 0 Å². The van der Waals surface area contributed by atoms with Gasteiger partial charge in [0.15, 0.2) is 0 Å². The molecule has 0 fully saturated rings. The third kappa shape index (κ3) is 7.75. The van der Waals surface area contributed by atoms with Gasteiger partial charge in [0.25, 0.3) is 0 Å². The maximum Gasteiger partial charge on any atom is 0.315 e. The van der Waals surface area contributed by atoms with Crippen LogP contribution in [0.4, 0.5) is 4.79 Å². The van der Waals surface area contributed by atoms with Crippen LogP contribution in [-0.2, 0) is 11.3 Å². The summed E-state index contributed by atoms with van der Waals surface area (Å²) in [6.07, 6.45) is 4.09. The predicted octanol–water partition coefficient (Wildman–Crippen LogP) is 1.53. The molecule has 0 aliphatic rings. The zero-order chi connectivity index (χ0) is 13.9. The largest absolute Gasteiger partial charge is 0.481 e. The van der Waals surface area contributed by atoms with Crippen LogP contribution < -0.4 is 10.6 Å². The van der Waals surface area contributed by atoms with Gasteiger partial charge in [0.2, 0.25) is 0 Å². The van der Waals surface area contributed by atoms with E-state index in [4.69, 9.17) is 5.11 Å². The van der Waals surface area contributed by atoms with E-state index >= 15 is 0 Å². The Hall–Kier alpha value is -2.11. The fourth-order valence-corrected chi connectivity index (χ4v) is 1.52. The summed E-state index contributed by atoms with van der Waals surface area (Å²) in [7, 11) is 0. The van der Waals surface area contributed by atoms with Crippen LogP contribution in [0.1, 0.15) is 31.4 Å². The molecule has 6 heteroatoms. The van der Waals surface area contributed by atoms with E-state index in [-0.39, 0.29) is 12.5 Å². The normalized spacial score (nSPS) is 9.89. The van der Waals surface area contributed by atoms with Crippen molar-refractivity contribution in [1.82, 2.24) is 15.6 Å². The van der Waals surface area contributed by atoms with Gasteiger partial charge < -0.3 is 15.7 Å². The number of aliphatic carboxylic acids is 1. The molecule has 1 aromatic heterocycles. The number of aromatic nitrogens is 1. The van der Waals surface area contributed by atoms with Gasteiger partial charge in [-0.15, -0.1) is 0 Å². The number of carbonyl (C=O) groups is 2. The molecule has 2 amide bonds. The Morgan fingerprint density at radius 1 is 1.16 bits per heavy atom. The molecule has 0 saturated heterocycles. The van der Waals surface area contributed by atoms with Gasteiger partial charge in [-0.25, -0.2) is 4.79 Å². The molecule has 6 nitrogen and oxygen atoms in total. The number of nitrogens with one attached hydrogen (secondary N) is 2. The van der Waals surface area contributed by atoms with Crippen molar-refractivity contribution >= 4 is 12.0 Å². The molecule has 104 valence electrons. The molecule has 0 spiro atoms. The average Bonchev–Trinajstić information content (AvgIpc) is 2.41. The second-order valence-corrected chi connectivity index (χ2v) is 4.13. The molecule has 0 saturated carbocycles. The number of hydrogen-bond donors (Lipinski definition) is 3. The van der Waals surface area contributed by atoms with Crippen LogP contribution in [0.5, 0.6) is 0 Å². The Balaban J connectivity index is 2.01. The first kappa shape index (κ1) is 14.9. The van der Waals surface area contributed by atoms with Crippen LogP contribution in [0.2, 0.25) is 0 Å². The molecule has 1 aromatic rings. The van der Waals surface area contributed by atoms with Crippen molar-refractivity contribution < 1.29 is 14.7 Å². The van der Waals surface area contributed by atoms with E-state index in [2.05, 4.69) is 15.6 Å². The highest BCUT2D eigenvalue weighted by molar-refractivity contribution is 5.73. The molecular weight excluding hydrogens is 246 g/mol. The lowest BCUT2D eigenvalue weighted by Gasteiger charge is -2.06. The molecule has 1 rings (SSSR count). The highest BCUT2D eigenvalue weighted by atomic mass is 16.4. The number of carbonyl (C=O) groups excluding carboxylic acids is 1. The maximum atomic E-state index is 11.4. The average molecular weight is 265 g/mol. The van der Waals surface area contributed by atoms with Crippen molar-refractivity contribution in [1.29, 1.82) is 0 Å². The van der Waals surface area contributed by atoms with E-state index in [1.807, 2.05) is 18.2 Å². The lowest BCUT2D eigenvalue weighted by atomic mass is 10.2. The Morgan fingerprint density at radius 3 is 2.68 bits per heavy atom. The van der Waals surface area contributed by atoms with E-state index in [0.717, 1.165) is 18.5 Å². The van der Waals surface area contributed by atoms with Crippen molar-refractivity contribution in [3.8, 4) is 0 Å². The van der Waals surface area contributed by atoms with Gasteiger partial charge in [0.05, 0.1) is 12.2 Å². The third-order valence-electron chi connectivity index (χ3n) is 2.51. The molecule has 1 heterocycles. The van der Waals surface area contributed by atoms with Crippen molar-refractivity contribution in [2.45, 2.75) is 32.2 Å². The Labute approximate surface area is 112 Å². The number of unbranched alkanes of at least 4 members (excludes halogenated alkanes) is 2. The molecule has 3 N–H and O–H groups in total. The van der Waals surface area contributed by atoms with Crippen LogP contribution in [0.15, 0.2) is 24.4 Å². The summed E-state index contributed by atoms with van der Waals surface area (Å²) in [6, 6.07) is 5.29. The number of nitrogens with zero attached hydrogens (tertiary/aromatic N) is 1. The van der Waals surface area contributed by atoms with Gasteiger partial charge >= 0.3 is 12.0 Å². The molecule has 19 heavy (non-hydrogen) atoms. The van der Waals surface area contributed by atoms with Gasteiger partial charge in [-0.3, -0.25) is 9.78 Å². The van der Waals surface area contributed by atoms with Gasteiger partial charge in [-0.05, 0) is 25.0 Å². The zero-order valence-corrected chi connectivity index (χ0v) is 10.8. The number of carboxylic acids is 1. The summed E-state index contributed by atoms with van der Waals surface area (Å²) >= 11 is 0. The fourth-order valence-electron chi connectivity index (χ4n) is 1.52. The van der Waals surface area contributed by atoms with Gasteiger partial charge in [-0.2, -0.15) is 0 Å². The topological polar surface area (TPSA) is 91.3 Å². The van der Waals surface area contributed by atoms with Crippen molar-refractivity contribution in [3.63, 3.8) is 0 Å². The number of pyridine rings is 1. The zero-order valence-electron chi connectivity index (χ0n) is 10.8. The van der Waals surface area contributed by atoms with Crippen LogP contribution >= 0.6 is 0 Å². The Kier molecular flexibility index (Phi) is 7.01. The summed E-state index contributed by atoms with van der Waals surface area (Å²) in [6.45, 7) is 0.944. The summed E-state index contributed by atoms with van der Waals surface area (Å²) in [5, 5.41) is 13.9. The van der Waals surface area contributed by atoms with Crippen LogP contribution in [-0.4, -0.2) is 28.6 Å². The first-order valence-electron chi connectivity index (χ1n) is 6.32. The van der Waals surface area contributed by atoms with E-state index in [9.17, 15) is 9.59 Å². The second-order valence-electron chi connectivity index (χ2n) is 4.13. The number of rotatable bonds is 8. The summed E-state index contributed by atoms with van der Waals surface area (Å²) < 4.78 is 0. The molecule has 0 aromatic carbocycles. The smallest absolute Gasteiger partial charge is 0.315 e. The Morgan fingerprint density at radius 2 is 2.00 bits per heavy atom. The summed E-state index contributed by atoms with van der Waals surface area (Å²) in [5.41, 5.74) is 0.805. The quantitative estimate of drug-likeness (QED) is 0.621. The lowest BCUT2D eigenvalue weighted by Crippen LogP contribution is -2.35. The monoisotopic (exact) mass is 265 g/mol. The highest BCUT2D eigenvalue weighted by Crippen LogP contribution is 1.98. The molecule has 0 unspecified atom stereocenters. The van der Waals surface area contributed by atoms with Crippen LogP contribution in [0, 0.1) is 0 Å². The molecule has 0 radical (unpaired) electrons. The first-order valence-corrected chi connectivity index (χ1v) is 6.32. The van der Waals surface area contributed by atoms with Crippen molar-refractivity contribution in [2.75, 3.05) is 6.54 Å². The summed E-state index contributed by atoms with van der Waals surface area (Å²) in [4.78, 5) is 25.8. The minimum Gasteiger partial charge on any atom is -0.481 e. The number of amides is 2. The van der Waals surface area contributed by atoms with Crippen molar-refractivity contribution in [3.05, 3.63) is 30.1 Å². The van der Waals surface area contributed by atoms with Gasteiger partial charge in [0.1, 0.15) is 0 Å². The van der Waals surface area contributed by atoms with Crippen LogP contribution in [0.3, 0.4) is 0 Å². The number of urea groups is 1. The number of carboxylic acid groups (broad SMARTS) is 1. The van der Waals surface area contributed by atoms with E-state index in [1.54, 1.807) is 6.20 Å².